The Balaban J connectivity index is 1.88. The van der Waals surface area contributed by atoms with E-state index in [1.807, 2.05) is 0 Å². The Kier molecular flexibility index (Phi) is 26.0. The van der Waals surface area contributed by atoms with E-state index in [2.05, 4.69) is 44.5 Å². The highest BCUT2D eigenvalue weighted by Gasteiger charge is 2.57. The van der Waals surface area contributed by atoms with Crippen molar-refractivity contribution < 1.29 is 116 Å². The van der Waals surface area contributed by atoms with Gasteiger partial charge in [-0.3, -0.25) is 0 Å². The smallest absolute Gasteiger partial charge is 0.408 e. The van der Waals surface area contributed by atoms with Crippen molar-refractivity contribution >= 4 is 61.0 Å². The largest absolute Gasteiger partial charge is 0.444 e. The Morgan fingerprint density at radius 2 is 0.733 bits per heavy atom. The van der Waals surface area contributed by atoms with Gasteiger partial charge in [0.1, 0.15) is 113 Å². The van der Waals surface area contributed by atoms with E-state index in [1.165, 1.54) is 11.8 Å². The first kappa shape index (κ1) is 74.3. The van der Waals surface area contributed by atoms with Crippen LogP contribution in [-0.2, 0) is 56.8 Å². The van der Waals surface area contributed by atoms with Crippen LogP contribution >= 0.6 is 24.4 Å². The van der Waals surface area contributed by atoms with E-state index in [1.54, 1.807) is 125 Å². The third-order valence-corrected chi connectivity index (χ3v) is 13.7. The molecular formula is C54H96N6O24S2. The number of thiol groups is 1. The molecule has 6 amide bonds. The highest BCUT2D eigenvalue weighted by molar-refractivity contribution is 8.09. The molecule has 3 heterocycles. The average molecular weight is 1280 g/mol. The van der Waals surface area contributed by atoms with Gasteiger partial charge in [0, 0.05) is 23.9 Å². The van der Waals surface area contributed by atoms with Gasteiger partial charge in [-0.2, -0.15) is 12.6 Å². The van der Waals surface area contributed by atoms with Crippen LogP contribution in [0.1, 0.15) is 131 Å². The molecule has 19 atom stereocenters. The number of thioether (sulfide) groups is 1. The molecule has 1 saturated carbocycles. The summed E-state index contributed by atoms with van der Waals surface area (Å²) >= 11 is 5.54. The Labute approximate surface area is 512 Å². The van der Waals surface area contributed by atoms with Crippen LogP contribution in [0, 0.1) is 0 Å². The third kappa shape index (κ3) is 24.0. The summed E-state index contributed by atoms with van der Waals surface area (Å²) in [7, 11) is 0. The molecule has 32 heteroatoms. The molecule has 0 aromatic rings. The van der Waals surface area contributed by atoms with Gasteiger partial charge in [0.2, 0.25) is 0 Å². The van der Waals surface area contributed by atoms with Gasteiger partial charge in [-0.05, 0) is 131 Å². The first-order valence-electron chi connectivity index (χ1n) is 28.3. The Morgan fingerprint density at radius 1 is 0.407 bits per heavy atom. The molecule has 3 aliphatic heterocycles. The first-order chi connectivity index (χ1) is 39.2. The second kappa shape index (κ2) is 30.1. The van der Waals surface area contributed by atoms with Crippen LogP contribution in [0.5, 0.6) is 0 Å². The molecule has 4 aliphatic rings. The second-order valence-electron chi connectivity index (χ2n) is 27.2. The molecule has 0 radical (unpaired) electrons. The van der Waals surface area contributed by atoms with Crippen molar-refractivity contribution in [1.82, 2.24) is 31.9 Å². The molecule has 30 nitrogen and oxygen atoms in total. The van der Waals surface area contributed by atoms with Crippen LogP contribution in [0.3, 0.4) is 0 Å². The van der Waals surface area contributed by atoms with Gasteiger partial charge in [0.05, 0.1) is 18.2 Å². The number of rotatable bonds is 17. The molecule has 0 spiro atoms. The minimum atomic E-state index is -1.97. The third-order valence-electron chi connectivity index (χ3n) is 12.4. The fraction of sp³-hybridized carbons (Fsp3) is 0.889. The summed E-state index contributed by atoms with van der Waals surface area (Å²) in [6, 6.07) is -6.25. The number of hydrogen-bond donors (Lipinski definition) is 13. The van der Waals surface area contributed by atoms with Crippen LogP contribution in [0.4, 0.5) is 28.8 Å². The Hall–Kier alpha value is -4.16. The summed E-state index contributed by atoms with van der Waals surface area (Å²) < 4.78 is 71.5. The van der Waals surface area contributed by atoms with Gasteiger partial charge < -0.3 is 119 Å². The molecule has 4 rings (SSSR count). The maximum Gasteiger partial charge on any atom is 0.408 e. The molecule has 12 N–H and O–H groups in total. The summed E-state index contributed by atoms with van der Waals surface area (Å²) in [5.41, 5.74) is -6.19. The van der Waals surface area contributed by atoms with Crippen LogP contribution < -0.4 is 31.9 Å². The maximum absolute atomic E-state index is 13.9. The van der Waals surface area contributed by atoms with Gasteiger partial charge in [-0.25, -0.2) is 28.8 Å². The molecule has 16 unspecified atom stereocenters. The van der Waals surface area contributed by atoms with Crippen molar-refractivity contribution in [2.75, 3.05) is 23.9 Å². The molecule has 86 heavy (non-hydrogen) atoms. The summed E-state index contributed by atoms with van der Waals surface area (Å²) in [6.07, 6.45) is -32.9. The van der Waals surface area contributed by atoms with Crippen molar-refractivity contribution in [2.24, 2.45) is 0 Å². The topological polar surface area (TPSA) is 407 Å². The lowest BCUT2D eigenvalue weighted by Gasteiger charge is -2.49. The molecule has 4 fully saturated rings. The number of aliphatic hydroxyl groups excluding tert-OH is 6. The predicted octanol–water partition coefficient (Wildman–Crippen LogP) is 2.13. The van der Waals surface area contributed by atoms with Gasteiger partial charge in [0.25, 0.3) is 0 Å². The summed E-state index contributed by atoms with van der Waals surface area (Å²) in [6.45, 7) is 27.7. The average Bonchev–Trinajstić information content (AvgIpc) is 1.57. The molecule has 1 aliphatic carbocycles. The monoisotopic (exact) mass is 1280 g/mol. The predicted molar refractivity (Wildman–Crippen MR) is 309 cm³/mol. The molecule has 498 valence electrons. The number of carbonyl (C=O) groups excluding carboxylic acids is 6. The molecule has 3 saturated heterocycles. The fourth-order valence-electron chi connectivity index (χ4n) is 9.11. The Morgan fingerprint density at radius 3 is 1.10 bits per heavy atom. The van der Waals surface area contributed by atoms with Crippen LogP contribution in [0.2, 0.25) is 0 Å². The second-order valence-corrected chi connectivity index (χ2v) is 29.0. The van der Waals surface area contributed by atoms with E-state index in [4.69, 9.17) is 56.8 Å². The number of carbonyl (C=O) groups is 6. The lowest BCUT2D eigenvalue weighted by Crippen LogP contribution is -2.70. The van der Waals surface area contributed by atoms with Crippen molar-refractivity contribution in [3.8, 4) is 0 Å². The van der Waals surface area contributed by atoms with E-state index in [0.29, 0.717) is 0 Å². The number of ether oxygens (including phenoxy) is 12. The minimum Gasteiger partial charge on any atom is -0.444 e. The van der Waals surface area contributed by atoms with E-state index in [0.717, 1.165) is 0 Å². The zero-order valence-electron chi connectivity index (χ0n) is 52.4. The van der Waals surface area contributed by atoms with Crippen LogP contribution in [0.25, 0.3) is 0 Å². The summed E-state index contributed by atoms with van der Waals surface area (Å²) in [5, 5.41) is 86.9. The lowest BCUT2D eigenvalue weighted by atomic mass is 9.83. The molecular weight excluding hydrogens is 1180 g/mol. The van der Waals surface area contributed by atoms with Crippen LogP contribution in [-0.4, -0.2) is 241 Å². The van der Waals surface area contributed by atoms with Crippen molar-refractivity contribution in [1.29, 1.82) is 0 Å². The molecule has 0 aromatic heterocycles. The SMILES string of the molecule is CC(C)(C)OC(=O)NCC1OC(OC2C(NC(=O)OC(C)(C)C)CC(NC(=O)OC(C)(C)C)C(O)C2O[C@@H]2O[C@H](CSCS)C(OC3OC(CNC(=O)OC(C)(C)C)C(O)C(O)C3NC(=O)OC(C)(C)C)[C@@H]2O)C(NC(=O)OC(C)(C)C)C(O)C1O. The van der Waals surface area contributed by atoms with Crippen molar-refractivity contribution in [2.45, 2.75) is 281 Å². The van der Waals surface area contributed by atoms with Gasteiger partial charge in [0.15, 0.2) is 18.9 Å². The van der Waals surface area contributed by atoms with Crippen molar-refractivity contribution in [3.63, 3.8) is 0 Å². The highest BCUT2D eigenvalue weighted by atomic mass is 32.2. The Bertz CT molecular complexity index is 2250. The zero-order chi connectivity index (χ0) is 65.4. The number of aliphatic hydroxyl groups is 6. The van der Waals surface area contributed by atoms with Crippen LogP contribution in [0.15, 0.2) is 0 Å². The zero-order valence-corrected chi connectivity index (χ0v) is 54.1. The number of alkyl carbamates (subject to hydrolysis) is 6. The summed E-state index contributed by atoms with van der Waals surface area (Å²) in [4.78, 5) is 80.0. The first-order valence-corrected chi connectivity index (χ1v) is 30.1. The fourth-order valence-corrected chi connectivity index (χ4v) is 10.0. The van der Waals surface area contributed by atoms with Gasteiger partial charge in [-0.15, -0.1) is 11.8 Å². The van der Waals surface area contributed by atoms with E-state index in [9.17, 15) is 59.4 Å². The minimum absolute atomic E-state index is 0.0115. The number of amides is 6. The molecule has 0 aromatic carbocycles. The van der Waals surface area contributed by atoms with E-state index < -0.39 is 206 Å². The molecule has 0 bridgehead atoms. The normalized spacial score (nSPS) is 32.8. The van der Waals surface area contributed by atoms with E-state index in [-0.39, 0.29) is 10.8 Å². The number of nitrogens with one attached hydrogen (secondary N) is 6. The van der Waals surface area contributed by atoms with Crippen molar-refractivity contribution in [3.05, 3.63) is 0 Å². The van der Waals surface area contributed by atoms with E-state index >= 15 is 0 Å². The standard InChI is InChI=1S/C54H96N6O24S2/c1-49(2,3)79-43(67)55-20-26-32(62)34(64)29(59-47(71)83-53(13,14)15)40(73-26)76-37-25(58-46(70)82-52(10,11)12)19-24(57-45(69)81-51(7,8)9)31(61)39(37)78-42-36(66)38(28(75-42)22-86-23-85)77-41-30(60-48(72)84-54(16,17)18)35(65)33(63)27(74-41)21-56-44(68)80-50(4,5)6/h24-42,61-66,85H,19-23H2,1-18H3,(H,55,67)(H,56,68)(H,57,69)(H,58,70)(H,59,71)(H,60,72)/t24?,25?,26?,27?,28-,29?,30?,31?,32?,33?,34?,35?,36+,37?,38?,39?,40?,41?,42+/m1/s1. The quantitative estimate of drug-likeness (QED) is 0.0563. The lowest BCUT2D eigenvalue weighted by molar-refractivity contribution is -0.310. The summed E-state index contributed by atoms with van der Waals surface area (Å²) in [5.74, 6) is -0.0115. The highest BCUT2D eigenvalue weighted by Crippen LogP contribution is 2.37. The number of hydrogen-bond acceptors (Lipinski definition) is 26. The maximum atomic E-state index is 13.9. The van der Waals surface area contributed by atoms with Gasteiger partial charge >= 0.3 is 36.6 Å². The van der Waals surface area contributed by atoms with Gasteiger partial charge in [-0.1, -0.05) is 0 Å².